The maximum Gasteiger partial charge on any atom is 0.221 e. The largest absolute Gasteiger partial charge is 0.344 e. The van der Waals surface area contributed by atoms with E-state index >= 15 is 0 Å². The lowest BCUT2D eigenvalue weighted by Crippen LogP contribution is -2.29. The number of nitrogens with one attached hydrogen (secondary N) is 1. The van der Waals surface area contributed by atoms with Gasteiger partial charge in [0.1, 0.15) is 0 Å². The van der Waals surface area contributed by atoms with Crippen molar-refractivity contribution in [2.75, 3.05) is 0 Å². The van der Waals surface area contributed by atoms with Gasteiger partial charge in [0.2, 0.25) is 5.91 Å². The molecule has 1 N–H and O–H groups in total. The summed E-state index contributed by atoms with van der Waals surface area (Å²) >= 11 is 1.68. The standard InChI is InChI=1S/C18H19NOS/c20-17(13-14-7-4-5-8-14)19-18(16-11-6-12-21-16)15-9-2-1-3-10-15/h1-4,6-7,9-12,14,18H,5,8,13H2,(H,19,20)/t14-,18-/m1/s1. The number of carbonyl (C=O) groups excluding carboxylic acids is 1. The maximum absolute atomic E-state index is 12.3. The molecule has 1 amide bonds. The van der Waals surface area contributed by atoms with Crippen molar-refractivity contribution < 1.29 is 4.79 Å². The van der Waals surface area contributed by atoms with Crippen LogP contribution in [-0.2, 0) is 4.79 Å². The van der Waals surface area contributed by atoms with Crippen molar-refractivity contribution in [3.05, 3.63) is 70.4 Å². The minimum Gasteiger partial charge on any atom is -0.344 e. The minimum atomic E-state index is -0.0379. The second-order valence-corrected chi connectivity index (χ2v) is 6.38. The van der Waals surface area contributed by atoms with Crippen LogP contribution in [0, 0.1) is 5.92 Å². The zero-order chi connectivity index (χ0) is 14.5. The van der Waals surface area contributed by atoms with Crippen LogP contribution in [0.15, 0.2) is 60.0 Å². The van der Waals surface area contributed by atoms with Gasteiger partial charge in [-0.25, -0.2) is 0 Å². The monoisotopic (exact) mass is 297 g/mol. The Kier molecular flexibility index (Phi) is 4.51. The van der Waals surface area contributed by atoms with Crippen LogP contribution in [0.5, 0.6) is 0 Å². The molecule has 1 aliphatic rings. The first kappa shape index (κ1) is 14.1. The Morgan fingerprint density at radius 2 is 2.10 bits per heavy atom. The Morgan fingerprint density at radius 3 is 2.76 bits per heavy atom. The lowest BCUT2D eigenvalue weighted by molar-refractivity contribution is -0.122. The molecule has 0 bridgehead atoms. The van der Waals surface area contributed by atoms with Gasteiger partial charge in [-0.3, -0.25) is 4.79 Å². The van der Waals surface area contributed by atoms with E-state index in [0.29, 0.717) is 12.3 Å². The molecule has 0 unspecified atom stereocenters. The smallest absolute Gasteiger partial charge is 0.221 e. The molecule has 2 atom stereocenters. The summed E-state index contributed by atoms with van der Waals surface area (Å²) < 4.78 is 0. The number of hydrogen-bond acceptors (Lipinski definition) is 2. The second kappa shape index (κ2) is 6.72. The third-order valence-corrected chi connectivity index (χ3v) is 4.76. The van der Waals surface area contributed by atoms with Crippen LogP contribution in [-0.4, -0.2) is 5.91 Å². The van der Waals surface area contributed by atoms with Gasteiger partial charge in [0.05, 0.1) is 6.04 Å². The number of carbonyl (C=O) groups is 1. The molecule has 1 aliphatic carbocycles. The number of hydrogen-bond donors (Lipinski definition) is 1. The Balaban J connectivity index is 1.73. The summed E-state index contributed by atoms with van der Waals surface area (Å²) in [4.78, 5) is 13.5. The highest BCUT2D eigenvalue weighted by molar-refractivity contribution is 7.10. The first-order valence-electron chi connectivity index (χ1n) is 7.37. The van der Waals surface area contributed by atoms with Crippen LogP contribution >= 0.6 is 11.3 Å². The van der Waals surface area contributed by atoms with Gasteiger partial charge in [0.15, 0.2) is 0 Å². The van der Waals surface area contributed by atoms with Gasteiger partial charge in [-0.1, -0.05) is 48.6 Å². The lowest BCUT2D eigenvalue weighted by Gasteiger charge is -2.19. The van der Waals surface area contributed by atoms with Crippen molar-refractivity contribution in [3.8, 4) is 0 Å². The van der Waals surface area contributed by atoms with Gasteiger partial charge in [0.25, 0.3) is 0 Å². The van der Waals surface area contributed by atoms with E-state index in [1.165, 1.54) is 4.88 Å². The summed E-state index contributed by atoms with van der Waals surface area (Å²) in [6, 6.07) is 14.2. The fourth-order valence-corrected chi connectivity index (χ4v) is 3.55. The Morgan fingerprint density at radius 1 is 1.24 bits per heavy atom. The number of thiophene rings is 1. The SMILES string of the molecule is O=C(C[C@@H]1C=CCC1)N[C@H](c1ccccc1)c1cccs1. The number of amides is 1. The molecule has 1 aromatic heterocycles. The third-order valence-electron chi connectivity index (χ3n) is 3.83. The highest BCUT2D eigenvalue weighted by Crippen LogP contribution is 2.27. The molecule has 21 heavy (non-hydrogen) atoms. The third kappa shape index (κ3) is 3.61. The van der Waals surface area contributed by atoms with Crippen molar-refractivity contribution in [2.45, 2.75) is 25.3 Å². The molecule has 0 saturated heterocycles. The number of rotatable bonds is 5. The summed E-state index contributed by atoms with van der Waals surface area (Å²) in [6.07, 6.45) is 7.13. The Hall–Kier alpha value is -1.87. The van der Waals surface area contributed by atoms with Crippen molar-refractivity contribution in [1.82, 2.24) is 5.32 Å². The molecule has 0 saturated carbocycles. The van der Waals surface area contributed by atoms with Gasteiger partial charge < -0.3 is 5.32 Å². The van der Waals surface area contributed by atoms with Crippen LogP contribution in [0.1, 0.15) is 35.7 Å². The van der Waals surface area contributed by atoms with Crippen molar-refractivity contribution >= 4 is 17.2 Å². The zero-order valence-electron chi connectivity index (χ0n) is 11.9. The summed E-state index contributed by atoms with van der Waals surface area (Å²) in [6.45, 7) is 0. The summed E-state index contributed by atoms with van der Waals surface area (Å²) in [7, 11) is 0. The first-order valence-corrected chi connectivity index (χ1v) is 8.25. The second-order valence-electron chi connectivity index (χ2n) is 5.40. The van der Waals surface area contributed by atoms with Crippen molar-refractivity contribution in [1.29, 1.82) is 0 Å². The van der Waals surface area contributed by atoms with Crippen molar-refractivity contribution in [3.63, 3.8) is 0 Å². The maximum atomic E-state index is 12.3. The predicted octanol–water partition coefficient (Wildman–Crippen LogP) is 4.31. The van der Waals surface area contributed by atoms with Gasteiger partial charge in [-0.15, -0.1) is 11.3 Å². The van der Waals surface area contributed by atoms with Crippen LogP contribution in [0.25, 0.3) is 0 Å². The average molecular weight is 297 g/mol. The molecule has 3 heteroatoms. The summed E-state index contributed by atoms with van der Waals surface area (Å²) in [5, 5.41) is 5.25. The van der Waals surface area contributed by atoms with Crippen molar-refractivity contribution in [2.24, 2.45) is 5.92 Å². The first-order chi connectivity index (χ1) is 10.3. The van der Waals surface area contributed by atoms with E-state index in [1.807, 2.05) is 24.3 Å². The average Bonchev–Trinajstić information content (AvgIpc) is 3.19. The normalized spacial score (nSPS) is 18.6. The van der Waals surface area contributed by atoms with Gasteiger partial charge in [0, 0.05) is 11.3 Å². The molecule has 0 aliphatic heterocycles. The van der Waals surface area contributed by atoms with Crippen LogP contribution in [0.4, 0.5) is 0 Å². The van der Waals surface area contributed by atoms with E-state index in [1.54, 1.807) is 11.3 Å². The van der Waals surface area contributed by atoms with E-state index < -0.39 is 0 Å². The molecule has 2 aromatic rings. The molecule has 0 radical (unpaired) electrons. The molecule has 3 rings (SSSR count). The number of allylic oxidation sites excluding steroid dienone is 2. The van der Waals surface area contributed by atoms with E-state index in [4.69, 9.17) is 0 Å². The topological polar surface area (TPSA) is 29.1 Å². The molecule has 2 nitrogen and oxygen atoms in total. The van der Waals surface area contributed by atoms with Crippen LogP contribution < -0.4 is 5.32 Å². The highest BCUT2D eigenvalue weighted by Gasteiger charge is 2.20. The fourth-order valence-electron chi connectivity index (χ4n) is 2.74. The van der Waals surface area contributed by atoms with Gasteiger partial charge in [-0.05, 0) is 35.8 Å². The fraction of sp³-hybridized carbons (Fsp3) is 0.278. The Labute approximate surface area is 129 Å². The molecular formula is C18H19NOS. The van der Waals surface area contributed by atoms with E-state index in [-0.39, 0.29) is 11.9 Å². The molecule has 0 fully saturated rings. The van der Waals surface area contributed by atoms with Gasteiger partial charge >= 0.3 is 0 Å². The highest BCUT2D eigenvalue weighted by atomic mass is 32.1. The van der Waals surface area contributed by atoms with E-state index in [9.17, 15) is 4.79 Å². The molecule has 1 aromatic carbocycles. The van der Waals surface area contributed by atoms with Crippen LogP contribution in [0.3, 0.4) is 0 Å². The lowest BCUT2D eigenvalue weighted by atomic mass is 10.0. The quantitative estimate of drug-likeness (QED) is 0.819. The van der Waals surface area contributed by atoms with E-state index in [2.05, 4.69) is 41.0 Å². The van der Waals surface area contributed by atoms with Crippen LogP contribution in [0.2, 0.25) is 0 Å². The predicted molar refractivity (Wildman–Crippen MR) is 87.2 cm³/mol. The minimum absolute atomic E-state index is 0.0379. The molecule has 108 valence electrons. The summed E-state index contributed by atoms with van der Waals surface area (Å²) in [5.74, 6) is 0.540. The summed E-state index contributed by atoms with van der Waals surface area (Å²) in [5.41, 5.74) is 1.13. The number of benzene rings is 1. The molecule has 0 spiro atoms. The molecule has 1 heterocycles. The Bertz CT molecular complexity index is 603. The zero-order valence-corrected chi connectivity index (χ0v) is 12.7. The van der Waals surface area contributed by atoms with E-state index in [0.717, 1.165) is 18.4 Å². The molecular weight excluding hydrogens is 278 g/mol. The van der Waals surface area contributed by atoms with Gasteiger partial charge in [-0.2, -0.15) is 0 Å².